The molecule has 6 heteroatoms. The molecule has 0 heterocycles. The smallest absolute Gasteiger partial charge is 0.244 e. The predicted molar refractivity (Wildman–Crippen MR) is 82.4 cm³/mol. The summed E-state index contributed by atoms with van der Waals surface area (Å²) >= 11 is 0. The van der Waals surface area contributed by atoms with Crippen LogP contribution in [-0.4, -0.2) is 25.5 Å². The minimum absolute atomic E-state index is 0.243. The zero-order chi connectivity index (χ0) is 15.3. The second kappa shape index (κ2) is 6.51. The van der Waals surface area contributed by atoms with E-state index in [-0.39, 0.29) is 5.71 Å². The predicted octanol–water partition coefficient (Wildman–Crippen LogP) is 1.67. The fourth-order valence-corrected chi connectivity index (χ4v) is 2.08. The number of aliphatic hydroxyl groups excluding tert-OH is 1. The monoisotopic (exact) mass is 304 g/mol. The van der Waals surface area contributed by atoms with Crippen molar-refractivity contribution in [3.05, 3.63) is 71.8 Å². The van der Waals surface area contributed by atoms with Gasteiger partial charge in [0.05, 0.1) is 6.26 Å². The number of hydrazone groups is 1. The highest BCUT2D eigenvalue weighted by Crippen LogP contribution is 2.18. The van der Waals surface area contributed by atoms with Gasteiger partial charge in [0.25, 0.3) is 0 Å². The summed E-state index contributed by atoms with van der Waals surface area (Å²) in [5, 5.41) is 14.3. The largest absolute Gasteiger partial charge is 0.382 e. The highest BCUT2D eigenvalue weighted by Gasteiger charge is 2.17. The zero-order valence-electron chi connectivity index (χ0n) is 11.5. The van der Waals surface area contributed by atoms with Crippen LogP contribution in [0.1, 0.15) is 17.2 Å². The molecular formula is C15H16N2O3S. The average Bonchev–Trinajstić information content (AvgIpc) is 2.48. The second-order valence-corrected chi connectivity index (χ2v) is 6.27. The number of nitrogens with one attached hydrogen (secondary N) is 1. The number of benzene rings is 2. The lowest BCUT2D eigenvalue weighted by atomic mass is 9.99. The van der Waals surface area contributed by atoms with Crippen LogP contribution in [0.2, 0.25) is 0 Å². The van der Waals surface area contributed by atoms with Gasteiger partial charge in [0.15, 0.2) is 0 Å². The molecule has 0 bridgehead atoms. The first-order valence-corrected chi connectivity index (χ1v) is 8.19. The van der Waals surface area contributed by atoms with Crippen molar-refractivity contribution in [3.63, 3.8) is 0 Å². The van der Waals surface area contributed by atoms with Crippen LogP contribution in [0, 0.1) is 0 Å². The van der Waals surface area contributed by atoms with Crippen molar-refractivity contribution in [2.75, 3.05) is 6.26 Å². The van der Waals surface area contributed by atoms with E-state index in [9.17, 15) is 13.5 Å². The standard InChI is InChI=1S/C15H16N2O3S/c1-21(19,20)17-16-14(12-8-4-2-5-9-12)15(18)13-10-6-3-7-11-13/h2-11,15,17-18H,1H3/b16-14+. The molecule has 2 N–H and O–H groups in total. The van der Waals surface area contributed by atoms with Crippen molar-refractivity contribution in [3.8, 4) is 0 Å². The molecule has 0 saturated carbocycles. The molecule has 2 rings (SSSR count). The summed E-state index contributed by atoms with van der Waals surface area (Å²) in [6.07, 6.45) is -0.0172. The van der Waals surface area contributed by atoms with Crippen LogP contribution in [0.25, 0.3) is 0 Å². The molecule has 0 aliphatic carbocycles. The van der Waals surface area contributed by atoms with Gasteiger partial charge in [-0.05, 0) is 5.56 Å². The van der Waals surface area contributed by atoms with Gasteiger partial charge in [0.1, 0.15) is 11.8 Å². The lowest BCUT2D eigenvalue weighted by Crippen LogP contribution is -2.22. The van der Waals surface area contributed by atoms with Crippen LogP contribution in [0.4, 0.5) is 0 Å². The molecule has 5 nitrogen and oxygen atoms in total. The quantitative estimate of drug-likeness (QED) is 0.651. The number of hydrogen-bond acceptors (Lipinski definition) is 4. The number of rotatable bonds is 5. The van der Waals surface area contributed by atoms with Gasteiger partial charge >= 0.3 is 0 Å². The second-order valence-electron chi connectivity index (χ2n) is 4.54. The fraction of sp³-hybridized carbons (Fsp3) is 0.133. The molecule has 21 heavy (non-hydrogen) atoms. The van der Waals surface area contributed by atoms with E-state index in [0.717, 1.165) is 6.26 Å². The molecule has 0 saturated heterocycles. The summed E-state index contributed by atoms with van der Waals surface area (Å²) in [5.74, 6) is 0. The van der Waals surface area contributed by atoms with Crippen LogP contribution in [0.15, 0.2) is 65.8 Å². The van der Waals surface area contributed by atoms with E-state index in [1.807, 2.05) is 12.1 Å². The number of aliphatic hydroxyl groups is 1. The van der Waals surface area contributed by atoms with Crippen molar-refractivity contribution < 1.29 is 13.5 Å². The van der Waals surface area contributed by atoms with Gasteiger partial charge in [-0.15, -0.1) is 0 Å². The maximum atomic E-state index is 11.2. The van der Waals surface area contributed by atoms with E-state index in [0.29, 0.717) is 11.1 Å². The topological polar surface area (TPSA) is 78.8 Å². The summed E-state index contributed by atoms with van der Waals surface area (Å²) in [6, 6.07) is 17.9. The summed E-state index contributed by atoms with van der Waals surface area (Å²) in [5.41, 5.74) is 1.52. The minimum Gasteiger partial charge on any atom is -0.382 e. The Kier molecular flexibility index (Phi) is 4.72. The molecule has 0 radical (unpaired) electrons. The third-order valence-corrected chi connectivity index (χ3v) is 3.20. The molecule has 0 aliphatic heterocycles. The summed E-state index contributed by atoms with van der Waals surface area (Å²) in [6.45, 7) is 0. The van der Waals surface area contributed by atoms with Crippen LogP contribution >= 0.6 is 0 Å². The molecule has 0 aromatic heterocycles. The third-order valence-electron chi connectivity index (χ3n) is 2.78. The van der Waals surface area contributed by atoms with E-state index >= 15 is 0 Å². The summed E-state index contributed by atoms with van der Waals surface area (Å²) in [7, 11) is -3.49. The Balaban J connectivity index is 2.41. The van der Waals surface area contributed by atoms with Crippen molar-refractivity contribution in [2.45, 2.75) is 6.10 Å². The first kappa shape index (κ1) is 15.2. The molecule has 2 aromatic rings. The molecule has 1 unspecified atom stereocenters. The Labute approximate surface area is 124 Å². The van der Waals surface area contributed by atoms with Gasteiger partial charge in [-0.1, -0.05) is 60.7 Å². The third kappa shape index (κ3) is 4.40. The Bertz CT molecular complexity index is 713. The molecule has 0 aliphatic rings. The average molecular weight is 304 g/mol. The van der Waals surface area contributed by atoms with Crippen LogP contribution in [-0.2, 0) is 10.0 Å². The van der Waals surface area contributed by atoms with Crippen LogP contribution in [0.5, 0.6) is 0 Å². The first-order chi connectivity index (χ1) is 9.97. The fourth-order valence-electron chi connectivity index (χ4n) is 1.82. The van der Waals surface area contributed by atoms with E-state index in [2.05, 4.69) is 9.93 Å². The van der Waals surface area contributed by atoms with Gasteiger partial charge in [0, 0.05) is 5.56 Å². The molecular weight excluding hydrogens is 288 g/mol. The molecule has 0 fully saturated rings. The van der Waals surface area contributed by atoms with Gasteiger partial charge in [-0.2, -0.15) is 5.10 Å². The SMILES string of the molecule is CS(=O)(=O)N/N=C(\c1ccccc1)C(O)c1ccccc1. The van der Waals surface area contributed by atoms with E-state index < -0.39 is 16.1 Å². The van der Waals surface area contributed by atoms with E-state index in [1.165, 1.54) is 0 Å². The highest BCUT2D eigenvalue weighted by atomic mass is 32.2. The van der Waals surface area contributed by atoms with Crippen LogP contribution < -0.4 is 4.83 Å². The summed E-state index contributed by atoms with van der Waals surface area (Å²) < 4.78 is 22.5. The van der Waals surface area contributed by atoms with Gasteiger partial charge < -0.3 is 5.11 Å². The minimum atomic E-state index is -3.49. The van der Waals surface area contributed by atoms with E-state index in [1.54, 1.807) is 48.5 Å². The molecule has 2 aromatic carbocycles. The molecule has 0 spiro atoms. The van der Waals surface area contributed by atoms with Gasteiger partial charge in [-0.3, -0.25) is 0 Å². The lowest BCUT2D eigenvalue weighted by molar-refractivity contribution is 0.247. The Hall–Kier alpha value is -2.18. The van der Waals surface area contributed by atoms with Gasteiger partial charge in [-0.25, -0.2) is 13.2 Å². The Morgan fingerprint density at radius 1 is 1.05 bits per heavy atom. The maximum Gasteiger partial charge on any atom is 0.244 e. The Morgan fingerprint density at radius 3 is 2.10 bits per heavy atom. The van der Waals surface area contributed by atoms with Gasteiger partial charge in [0.2, 0.25) is 10.0 Å². The van der Waals surface area contributed by atoms with Crippen LogP contribution in [0.3, 0.4) is 0 Å². The molecule has 1 atom stereocenters. The van der Waals surface area contributed by atoms with E-state index in [4.69, 9.17) is 0 Å². The van der Waals surface area contributed by atoms with Crippen molar-refractivity contribution >= 4 is 15.7 Å². The molecule has 0 amide bonds. The normalized spacial score (nSPS) is 13.7. The maximum absolute atomic E-state index is 11.2. The summed E-state index contributed by atoms with van der Waals surface area (Å²) in [4.78, 5) is 2.07. The Morgan fingerprint density at radius 2 is 1.57 bits per heavy atom. The number of hydrogen-bond donors (Lipinski definition) is 2. The van der Waals surface area contributed by atoms with Crippen molar-refractivity contribution in [2.24, 2.45) is 5.10 Å². The first-order valence-electron chi connectivity index (χ1n) is 6.30. The number of nitrogens with zero attached hydrogens (tertiary/aromatic N) is 1. The van der Waals surface area contributed by atoms with Crippen molar-refractivity contribution in [1.82, 2.24) is 4.83 Å². The molecule has 110 valence electrons. The lowest BCUT2D eigenvalue weighted by Gasteiger charge is -2.14. The zero-order valence-corrected chi connectivity index (χ0v) is 12.3. The highest BCUT2D eigenvalue weighted by molar-refractivity contribution is 7.88. The number of sulfonamides is 1. The van der Waals surface area contributed by atoms with Crippen molar-refractivity contribution in [1.29, 1.82) is 0 Å².